The predicted molar refractivity (Wildman–Crippen MR) is 90.9 cm³/mol. The number of hydrogen-bond donors (Lipinski definition) is 2. The quantitative estimate of drug-likeness (QED) is 0.605. The van der Waals surface area contributed by atoms with Gasteiger partial charge in [-0.3, -0.25) is 4.79 Å². The van der Waals surface area contributed by atoms with E-state index in [2.05, 4.69) is 17.0 Å². The number of amides is 1. The van der Waals surface area contributed by atoms with Gasteiger partial charge in [0.05, 0.1) is 4.90 Å². The van der Waals surface area contributed by atoms with E-state index in [0.29, 0.717) is 18.8 Å². The molecule has 0 atom stereocenters. The molecule has 6 nitrogen and oxygen atoms in total. The standard InChI is InChI=1S/C16H26N2O4S/c1-3-5-6-7-12-17-23(20,21)15-10-8-14(9-11-15)18-16(19)13-22-4-2/h8-11,17H,3-7,12-13H2,1-2H3,(H,18,19). The van der Waals surface area contributed by atoms with Crippen LogP contribution < -0.4 is 10.0 Å². The second kappa shape index (κ2) is 10.4. The van der Waals surface area contributed by atoms with Gasteiger partial charge in [0.25, 0.3) is 0 Å². The SMILES string of the molecule is CCCCCCNS(=O)(=O)c1ccc(NC(=O)COCC)cc1. The van der Waals surface area contributed by atoms with Gasteiger partial charge < -0.3 is 10.1 Å². The van der Waals surface area contributed by atoms with Gasteiger partial charge >= 0.3 is 0 Å². The van der Waals surface area contributed by atoms with Crippen molar-refractivity contribution >= 4 is 21.6 Å². The van der Waals surface area contributed by atoms with Crippen molar-refractivity contribution in [3.05, 3.63) is 24.3 Å². The Morgan fingerprint density at radius 1 is 1.09 bits per heavy atom. The van der Waals surface area contributed by atoms with Crippen molar-refractivity contribution < 1.29 is 17.9 Å². The molecular weight excluding hydrogens is 316 g/mol. The number of rotatable bonds is 11. The third-order valence-corrected chi connectivity index (χ3v) is 4.68. The molecule has 0 spiro atoms. The second-order valence-electron chi connectivity index (χ2n) is 5.17. The Hall–Kier alpha value is -1.44. The maximum absolute atomic E-state index is 12.1. The van der Waals surface area contributed by atoms with Gasteiger partial charge in [-0.1, -0.05) is 26.2 Å². The van der Waals surface area contributed by atoms with Crippen molar-refractivity contribution in [1.29, 1.82) is 0 Å². The summed E-state index contributed by atoms with van der Waals surface area (Å²) in [7, 11) is -3.49. The van der Waals surface area contributed by atoms with Gasteiger partial charge in [-0.25, -0.2) is 13.1 Å². The lowest BCUT2D eigenvalue weighted by Gasteiger charge is -2.08. The molecule has 1 amide bonds. The van der Waals surface area contributed by atoms with Crippen LogP contribution in [0.4, 0.5) is 5.69 Å². The third kappa shape index (κ3) is 7.58. The molecule has 1 aromatic carbocycles. The number of ether oxygens (including phenoxy) is 1. The largest absolute Gasteiger partial charge is 0.372 e. The highest BCUT2D eigenvalue weighted by Gasteiger charge is 2.13. The van der Waals surface area contributed by atoms with Gasteiger partial charge in [0.1, 0.15) is 6.61 Å². The minimum atomic E-state index is -3.49. The molecule has 0 aliphatic heterocycles. The van der Waals surface area contributed by atoms with Crippen molar-refractivity contribution in [3.63, 3.8) is 0 Å². The summed E-state index contributed by atoms with van der Waals surface area (Å²) in [6.45, 7) is 4.81. The Morgan fingerprint density at radius 3 is 2.39 bits per heavy atom. The van der Waals surface area contributed by atoms with Gasteiger partial charge in [-0.2, -0.15) is 0 Å². The molecule has 2 N–H and O–H groups in total. The van der Waals surface area contributed by atoms with Gasteiger partial charge in [-0.05, 0) is 37.6 Å². The van der Waals surface area contributed by atoms with Crippen molar-refractivity contribution in [2.45, 2.75) is 44.4 Å². The van der Waals surface area contributed by atoms with Crippen LogP contribution >= 0.6 is 0 Å². The fourth-order valence-electron chi connectivity index (χ4n) is 1.95. The van der Waals surface area contributed by atoms with Crippen LogP contribution in [0.3, 0.4) is 0 Å². The number of sulfonamides is 1. The van der Waals surface area contributed by atoms with Crippen LogP contribution in [0.15, 0.2) is 29.2 Å². The lowest BCUT2D eigenvalue weighted by atomic mass is 10.2. The van der Waals surface area contributed by atoms with Crippen molar-refractivity contribution in [2.24, 2.45) is 0 Å². The fraction of sp³-hybridized carbons (Fsp3) is 0.562. The number of carbonyl (C=O) groups excluding carboxylic acids is 1. The second-order valence-corrected chi connectivity index (χ2v) is 6.94. The van der Waals surface area contributed by atoms with E-state index in [-0.39, 0.29) is 17.4 Å². The normalized spacial score (nSPS) is 11.4. The molecule has 0 aliphatic rings. The number of anilines is 1. The zero-order chi connectivity index (χ0) is 17.1. The Balaban J connectivity index is 2.52. The maximum atomic E-state index is 12.1. The van der Waals surface area contributed by atoms with Gasteiger partial charge in [0.15, 0.2) is 0 Å². The van der Waals surface area contributed by atoms with E-state index in [1.165, 1.54) is 12.1 Å². The molecule has 1 rings (SSSR count). The summed E-state index contributed by atoms with van der Waals surface area (Å²) in [5.74, 6) is -0.267. The highest BCUT2D eigenvalue weighted by Crippen LogP contribution is 2.14. The Bertz CT molecular complexity index is 570. The predicted octanol–water partition coefficient (Wildman–Crippen LogP) is 2.52. The molecule has 0 fully saturated rings. The number of unbranched alkanes of at least 4 members (excludes halogenated alkanes) is 3. The molecule has 0 heterocycles. The third-order valence-electron chi connectivity index (χ3n) is 3.21. The molecule has 0 radical (unpaired) electrons. The molecule has 0 saturated carbocycles. The molecular formula is C16H26N2O4S. The first kappa shape index (κ1) is 19.6. The van der Waals surface area contributed by atoms with Crippen LogP contribution in [0.25, 0.3) is 0 Å². The molecule has 130 valence electrons. The van der Waals surface area contributed by atoms with E-state index in [9.17, 15) is 13.2 Å². The summed E-state index contributed by atoms with van der Waals surface area (Å²) in [6, 6.07) is 6.08. The van der Waals surface area contributed by atoms with E-state index in [1.54, 1.807) is 12.1 Å². The van der Waals surface area contributed by atoms with E-state index < -0.39 is 10.0 Å². The fourth-order valence-corrected chi connectivity index (χ4v) is 3.03. The topological polar surface area (TPSA) is 84.5 Å². The van der Waals surface area contributed by atoms with Gasteiger partial charge in [-0.15, -0.1) is 0 Å². The summed E-state index contributed by atoms with van der Waals surface area (Å²) in [5, 5.41) is 2.64. The molecule has 1 aromatic rings. The van der Waals surface area contributed by atoms with Crippen LogP contribution in [0.2, 0.25) is 0 Å². The summed E-state index contributed by atoms with van der Waals surface area (Å²) in [4.78, 5) is 11.7. The molecule has 0 bridgehead atoms. The molecule has 0 aliphatic carbocycles. The van der Waals surface area contributed by atoms with E-state index in [0.717, 1.165) is 25.7 Å². The van der Waals surface area contributed by atoms with Crippen molar-refractivity contribution in [2.75, 3.05) is 25.1 Å². The van der Waals surface area contributed by atoms with Gasteiger partial charge in [0, 0.05) is 18.8 Å². The lowest BCUT2D eigenvalue weighted by Crippen LogP contribution is -2.24. The molecule has 7 heteroatoms. The first-order valence-electron chi connectivity index (χ1n) is 7.97. The molecule has 23 heavy (non-hydrogen) atoms. The van der Waals surface area contributed by atoms with E-state index in [4.69, 9.17) is 4.74 Å². The average molecular weight is 342 g/mol. The van der Waals surface area contributed by atoms with Gasteiger partial charge in [0.2, 0.25) is 15.9 Å². The molecule has 0 unspecified atom stereocenters. The van der Waals surface area contributed by atoms with Crippen LogP contribution in [0.5, 0.6) is 0 Å². The summed E-state index contributed by atoms with van der Waals surface area (Å²) in [6.07, 6.45) is 4.07. The Morgan fingerprint density at radius 2 is 1.78 bits per heavy atom. The zero-order valence-electron chi connectivity index (χ0n) is 13.8. The zero-order valence-corrected chi connectivity index (χ0v) is 14.6. The first-order chi connectivity index (χ1) is 11.0. The minimum absolute atomic E-state index is 0.0180. The molecule has 0 saturated heterocycles. The van der Waals surface area contributed by atoms with Crippen molar-refractivity contribution in [1.82, 2.24) is 4.72 Å². The van der Waals surface area contributed by atoms with Crippen LogP contribution in [-0.2, 0) is 19.6 Å². The van der Waals surface area contributed by atoms with E-state index in [1.807, 2.05) is 6.92 Å². The average Bonchev–Trinajstić information content (AvgIpc) is 2.53. The van der Waals surface area contributed by atoms with Crippen LogP contribution in [0.1, 0.15) is 39.5 Å². The Labute approximate surface area is 138 Å². The summed E-state index contributed by atoms with van der Waals surface area (Å²) < 4.78 is 31.8. The monoisotopic (exact) mass is 342 g/mol. The van der Waals surface area contributed by atoms with Crippen LogP contribution in [-0.4, -0.2) is 34.1 Å². The smallest absolute Gasteiger partial charge is 0.250 e. The Kier molecular flexibility index (Phi) is 8.83. The highest BCUT2D eigenvalue weighted by atomic mass is 32.2. The number of benzene rings is 1. The van der Waals surface area contributed by atoms with Crippen LogP contribution in [0, 0.1) is 0 Å². The van der Waals surface area contributed by atoms with Crippen molar-refractivity contribution in [3.8, 4) is 0 Å². The number of hydrogen-bond acceptors (Lipinski definition) is 4. The minimum Gasteiger partial charge on any atom is -0.372 e. The molecule has 0 aromatic heterocycles. The number of nitrogens with one attached hydrogen (secondary N) is 2. The lowest BCUT2D eigenvalue weighted by molar-refractivity contribution is -0.120. The van der Waals surface area contributed by atoms with E-state index >= 15 is 0 Å². The maximum Gasteiger partial charge on any atom is 0.250 e. The highest BCUT2D eigenvalue weighted by molar-refractivity contribution is 7.89. The summed E-state index contributed by atoms with van der Waals surface area (Å²) >= 11 is 0. The number of carbonyl (C=O) groups is 1. The summed E-state index contributed by atoms with van der Waals surface area (Å²) in [5.41, 5.74) is 0.539. The first-order valence-corrected chi connectivity index (χ1v) is 9.45.